The molecule has 0 aromatic rings. The summed E-state index contributed by atoms with van der Waals surface area (Å²) in [6.45, 7) is 21.6. The van der Waals surface area contributed by atoms with Gasteiger partial charge in [-0.1, -0.05) is 59.8 Å². The standard InChI is InChI=1S/C31H52O5Si/c1-11-31(7,8)29(33)35-26-17-20(2)16-22-13-12-21(3)25(28(22)26)15-14-23-18-24(19-27(32)34-23)36-37(9,10)30(4,5)6/h12-13,16,20-21,23-26,28H,11,14-15,17-19H2,1-10H3/t20-,21-,23?,24-,25-,26-,28-/m0/s1. The first kappa shape index (κ1) is 30.1. The summed E-state index contributed by atoms with van der Waals surface area (Å²) in [5.74, 6) is 1.03. The Morgan fingerprint density at radius 3 is 2.41 bits per heavy atom. The molecule has 1 aliphatic heterocycles. The molecule has 210 valence electrons. The average molecular weight is 533 g/mol. The van der Waals surface area contributed by atoms with Crippen molar-refractivity contribution >= 4 is 20.3 Å². The van der Waals surface area contributed by atoms with E-state index in [9.17, 15) is 9.59 Å². The van der Waals surface area contributed by atoms with Crippen molar-refractivity contribution in [3.05, 3.63) is 23.8 Å². The van der Waals surface area contributed by atoms with Gasteiger partial charge in [-0.2, -0.15) is 0 Å². The van der Waals surface area contributed by atoms with Gasteiger partial charge in [-0.15, -0.1) is 0 Å². The van der Waals surface area contributed by atoms with Crippen molar-refractivity contribution in [2.75, 3.05) is 0 Å². The first-order chi connectivity index (χ1) is 17.0. The van der Waals surface area contributed by atoms with Gasteiger partial charge < -0.3 is 13.9 Å². The quantitative estimate of drug-likeness (QED) is 0.238. The lowest BCUT2D eigenvalue weighted by Gasteiger charge is -2.44. The second-order valence-electron chi connectivity index (χ2n) is 14.1. The highest BCUT2D eigenvalue weighted by Crippen LogP contribution is 2.46. The highest BCUT2D eigenvalue weighted by Gasteiger charge is 2.44. The highest BCUT2D eigenvalue weighted by molar-refractivity contribution is 6.74. The Bertz CT molecular complexity index is 896. The maximum atomic E-state index is 13.1. The van der Waals surface area contributed by atoms with Crippen LogP contribution in [0.1, 0.15) is 93.9 Å². The predicted octanol–water partition coefficient (Wildman–Crippen LogP) is 7.62. The topological polar surface area (TPSA) is 61.8 Å². The van der Waals surface area contributed by atoms with Crippen molar-refractivity contribution in [3.8, 4) is 0 Å². The van der Waals surface area contributed by atoms with Gasteiger partial charge in [0, 0.05) is 12.3 Å². The monoisotopic (exact) mass is 532 g/mol. The number of hydrogen-bond acceptors (Lipinski definition) is 5. The molecule has 0 radical (unpaired) electrons. The van der Waals surface area contributed by atoms with Crippen LogP contribution >= 0.6 is 0 Å². The van der Waals surface area contributed by atoms with Gasteiger partial charge in [0.15, 0.2) is 8.32 Å². The summed E-state index contributed by atoms with van der Waals surface area (Å²) < 4.78 is 18.7. The molecule has 0 bridgehead atoms. The van der Waals surface area contributed by atoms with Gasteiger partial charge in [0.1, 0.15) is 12.2 Å². The van der Waals surface area contributed by atoms with Crippen molar-refractivity contribution in [1.29, 1.82) is 0 Å². The third-order valence-electron chi connectivity index (χ3n) is 9.60. The van der Waals surface area contributed by atoms with E-state index in [1.807, 2.05) is 20.8 Å². The molecule has 6 heteroatoms. The molecule has 0 spiro atoms. The molecule has 37 heavy (non-hydrogen) atoms. The number of hydrogen-bond donors (Lipinski definition) is 0. The molecule has 0 N–H and O–H groups in total. The fourth-order valence-electron chi connectivity index (χ4n) is 5.75. The van der Waals surface area contributed by atoms with Crippen molar-refractivity contribution in [1.82, 2.24) is 0 Å². The number of rotatable bonds is 8. The zero-order chi connectivity index (χ0) is 27.8. The Hall–Kier alpha value is -1.40. The van der Waals surface area contributed by atoms with Crippen molar-refractivity contribution < 1.29 is 23.5 Å². The molecule has 1 fully saturated rings. The van der Waals surface area contributed by atoms with Crippen LogP contribution in [-0.4, -0.2) is 38.6 Å². The zero-order valence-electron chi connectivity index (χ0n) is 25.1. The van der Waals surface area contributed by atoms with Crippen LogP contribution in [0.15, 0.2) is 23.8 Å². The smallest absolute Gasteiger partial charge is 0.311 e. The Kier molecular flexibility index (Phi) is 9.27. The number of cyclic esters (lactones) is 1. The van der Waals surface area contributed by atoms with Crippen molar-refractivity contribution in [2.45, 2.75) is 130 Å². The molecular formula is C31H52O5Si. The summed E-state index contributed by atoms with van der Waals surface area (Å²) in [6.07, 6.45) is 11.1. The Morgan fingerprint density at radius 1 is 1.11 bits per heavy atom. The molecular weight excluding hydrogens is 480 g/mol. The molecule has 3 aliphatic rings. The molecule has 1 saturated heterocycles. The lowest BCUT2D eigenvalue weighted by atomic mass is 9.65. The van der Waals surface area contributed by atoms with Crippen LogP contribution in [0, 0.1) is 29.1 Å². The Morgan fingerprint density at radius 2 is 1.78 bits per heavy atom. The molecule has 1 heterocycles. The first-order valence-corrected chi connectivity index (χ1v) is 17.4. The fraction of sp³-hybridized carbons (Fsp3) is 0.806. The molecule has 7 atom stereocenters. The van der Waals surface area contributed by atoms with E-state index in [1.54, 1.807) is 0 Å². The molecule has 2 aliphatic carbocycles. The largest absolute Gasteiger partial charge is 0.462 e. The van der Waals surface area contributed by atoms with Crippen molar-refractivity contribution in [3.63, 3.8) is 0 Å². The Labute approximate surface area is 226 Å². The van der Waals surface area contributed by atoms with Crippen LogP contribution < -0.4 is 0 Å². The summed E-state index contributed by atoms with van der Waals surface area (Å²) >= 11 is 0. The van der Waals surface area contributed by atoms with Gasteiger partial charge in [0.05, 0.1) is 17.9 Å². The van der Waals surface area contributed by atoms with Gasteiger partial charge in [-0.25, -0.2) is 0 Å². The SMILES string of the molecule is CCC(C)(C)C(=O)O[C@H]1C[C@@H](C)C=C2C=C[C@H](C)[C@H](CCC3C[C@H](O[Si](C)(C)C(C)(C)C)CC(=O)O3)[C@H]21. The second-order valence-corrected chi connectivity index (χ2v) is 18.9. The first-order valence-electron chi connectivity index (χ1n) is 14.5. The summed E-state index contributed by atoms with van der Waals surface area (Å²) in [5.41, 5.74) is 0.819. The molecule has 5 nitrogen and oxygen atoms in total. The lowest BCUT2D eigenvalue weighted by molar-refractivity contribution is -0.165. The zero-order valence-corrected chi connectivity index (χ0v) is 26.1. The third kappa shape index (κ3) is 7.17. The number of esters is 2. The minimum atomic E-state index is -1.96. The van der Waals surface area contributed by atoms with Crippen LogP contribution in [0.25, 0.3) is 0 Å². The van der Waals surface area contributed by atoms with Gasteiger partial charge in [0.25, 0.3) is 0 Å². The van der Waals surface area contributed by atoms with Gasteiger partial charge in [-0.3, -0.25) is 9.59 Å². The van der Waals surface area contributed by atoms with E-state index in [-0.39, 0.29) is 41.2 Å². The maximum absolute atomic E-state index is 13.1. The minimum absolute atomic E-state index is 0.0632. The van der Waals surface area contributed by atoms with E-state index in [2.05, 4.69) is 65.9 Å². The van der Waals surface area contributed by atoms with Gasteiger partial charge in [0.2, 0.25) is 0 Å². The number of allylic oxidation sites excluding steroid dienone is 3. The molecule has 0 aromatic carbocycles. The van der Waals surface area contributed by atoms with E-state index in [0.717, 1.165) is 32.1 Å². The Balaban J connectivity index is 1.73. The number of carbonyl (C=O) groups is 2. The van der Waals surface area contributed by atoms with Crippen LogP contribution in [0.2, 0.25) is 18.1 Å². The normalized spacial score (nSPS) is 32.9. The average Bonchev–Trinajstić information content (AvgIpc) is 2.77. The molecule has 0 amide bonds. The minimum Gasteiger partial charge on any atom is -0.462 e. The van der Waals surface area contributed by atoms with Crippen LogP contribution in [0.3, 0.4) is 0 Å². The lowest BCUT2D eigenvalue weighted by Crippen LogP contribution is -2.47. The van der Waals surface area contributed by atoms with Gasteiger partial charge >= 0.3 is 11.9 Å². The fourth-order valence-corrected chi connectivity index (χ4v) is 7.11. The van der Waals surface area contributed by atoms with E-state index in [4.69, 9.17) is 13.9 Å². The molecule has 1 unspecified atom stereocenters. The number of fused-ring (bicyclic) bond motifs is 1. The second kappa shape index (κ2) is 11.4. The van der Waals surface area contributed by atoms with Crippen LogP contribution in [0.5, 0.6) is 0 Å². The van der Waals surface area contributed by atoms with Crippen LogP contribution in [0.4, 0.5) is 0 Å². The van der Waals surface area contributed by atoms with E-state index in [1.165, 1.54) is 5.57 Å². The maximum Gasteiger partial charge on any atom is 0.311 e. The van der Waals surface area contributed by atoms with Gasteiger partial charge in [-0.05, 0) is 81.0 Å². The molecule has 0 saturated carbocycles. The van der Waals surface area contributed by atoms with Crippen molar-refractivity contribution in [2.24, 2.45) is 29.1 Å². The summed E-state index contributed by atoms with van der Waals surface area (Å²) in [5, 5.41) is 0.105. The highest BCUT2D eigenvalue weighted by atomic mass is 28.4. The molecule has 3 rings (SSSR count). The number of ether oxygens (including phenoxy) is 2. The summed E-state index contributed by atoms with van der Waals surface area (Å²) in [4.78, 5) is 25.6. The third-order valence-corrected chi connectivity index (χ3v) is 14.1. The van der Waals surface area contributed by atoms with E-state index >= 15 is 0 Å². The van der Waals surface area contributed by atoms with Crippen LogP contribution in [-0.2, 0) is 23.5 Å². The summed E-state index contributed by atoms with van der Waals surface area (Å²) in [6, 6.07) is 0. The van der Waals surface area contributed by atoms with E-state index < -0.39 is 13.7 Å². The number of carbonyl (C=O) groups excluding carboxylic acids is 2. The molecule has 0 aromatic heterocycles. The summed E-state index contributed by atoms with van der Waals surface area (Å²) in [7, 11) is -1.96. The van der Waals surface area contributed by atoms with E-state index in [0.29, 0.717) is 24.2 Å². The predicted molar refractivity (Wildman–Crippen MR) is 152 cm³/mol.